The zero-order valence-electron chi connectivity index (χ0n) is 17.6. The lowest BCUT2D eigenvalue weighted by Gasteiger charge is -2.30. The lowest BCUT2D eigenvalue weighted by Crippen LogP contribution is -2.39. The first kappa shape index (κ1) is 23.2. The number of carbonyl (C=O) groups is 2. The van der Waals surface area contributed by atoms with Crippen LogP contribution in [0.15, 0.2) is 29.2 Å². The van der Waals surface area contributed by atoms with Gasteiger partial charge in [-0.25, -0.2) is 13.2 Å². The third-order valence-corrected chi connectivity index (χ3v) is 7.36. The van der Waals surface area contributed by atoms with Crippen molar-refractivity contribution in [2.75, 3.05) is 25.0 Å². The third kappa shape index (κ3) is 5.44. The van der Waals surface area contributed by atoms with Crippen LogP contribution in [-0.2, 0) is 26.6 Å². The topological polar surface area (TPSA) is 111 Å². The Hall–Kier alpha value is -2.43. The van der Waals surface area contributed by atoms with Crippen molar-refractivity contribution in [1.82, 2.24) is 14.1 Å². The number of anilines is 1. The fraction of sp³-hybridized carbons (Fsp3) is 0.450. The molecule has 0 aliphatic carbocycles. The van der Waals surface area contributed by atoms with E-state index in [2.05, 4.69) is 10.4 Å². The molecule has 0 radical (unpaired) electrons. The summed E-state index contributed by atoms with van der Waals surface area (Å²) < 4.78 is 34.0. The molecule has 1 aromatic carbocycles. The average Bonchev–Trinajstić information content (AvgIpc) is 3.03. The highest BCUT2D eigenvalue weighted by Crippen LogP contribution is 2.29. The van der Waals surface area contributed by atoms with E-state index in [4.69, 9.17) is 16.3 Å². The predicted octanol–water partition coefficient (Wildman–Crippen LogP) is 2.60. The molecule has 0 spiro atoms. The van der Waals surface area contributed by atoms with Gasteiger partial charge in [-0.05, 0) is 43.9 Å². The summed E-state index contributed by atoms with van der Waals surface area (Å²) in [6.45, 7) is 4.06. The number of sulfonamides is 1. The van der Waals surface area contributed by atoms with E-state index < -0.39 is 28.5 Å². The van der Waals surface area contributed by atoms with Gasteiger partial charge >= 0.3 is 5.97 Å². The zero-order valence-corrected chi connectivity index (χ0v) is 19.2. The van der Waals surface area contributed by atoms with E-state index in [-0.39, 0.29) is 21.4 Å². The van der Waals surface area contributed by atoms with Crippen molar-refractivity contribution in [3.8, 4) is 0 Å². The lowest BCUT2D eigenvalue weighted by atomic mass is 10.0. The highest BCUT2D eigenvalue weighted by Gasteiger charge is 2.31. The van der Waals surface area contributed by atoms with Gasteiger partial charge in [0.15, 0.2) is 6.61 Å². The summed E-state index contributed by atoms with van der Waals surface area (Å²) in [5.41, 5.74) is 0.727. The van der Waals surface area contributed by atoms with Crippen molar-refractivity contribution in [1.29, 1.82) is 0 Å². The fourth-order valence-electron chi connectivity index (χ4n) is 3.45. The van der Waals surface area contributed by atoms with Gasteiger partial charge in [0.05, 0.1) is 16.3 Å². The van der Waals surface area contributed by atoms with Crippen molar-refractivity contribution in [3.63, 3.8) is 0 Å². The van der Waals surface area contributed by atoms with Crippen LogP contribution in [0.4, 0.5) is 5.82 Å². The monoisotopic (exact) mass is 468 g/mol. The molecular weight excluding hydrogens is 444 g/mol. The van der Waals surface area contributed by atoms with Crippen LogP contribution >= 0.6 is 11.6 Å². The van der Waals surface area contributed by atoms with Crippen LogP contribution in [0, 0.1) is 12.8 Å². The van der Waals surface area contributed by atoms with Crippen LogP contribution in [0.3, 0.4) is 0 Å². The molecule has 1 aromatic heterocycles. The fourth-order valence-corrected chi connectivity index (χ4v) is 5.55. The summed E-state index contributed by atoms with van der Waals surface area (Å²) in [4.78, 5) is 24.3. The van der Waals surface area contributed by atoms with Crippen LogP contribution in [0.5, 0.6) is 0 Å². The van der Waals surface area contributed by atoms with Crippen molar-refractivity contribution >= 4 is 39.3 Å². The number of benzene rings is 1. The van der Waals surface area contributed by atoms with E-state index in [0.717, 1.165) is 18.5 Å². The summed E-state index contributed by atoms with van der Waals surface area (Å²) in [6.07, 6.45) is 1.73. The molecule has 9 nitrogen and oxygen atoms in total. The number of hydrogen-bond donors (Lipinski definition) is 1. The third-order valence-electron chi connectivity index (χ3n) is 5.01. The highest BCUT2D eigenvalue weighted by atomic mass is 35.5. The number of nitrogens with zero attached hydrogens (tertiary/aromatic N) is 3. The van der Waals surface area contributed by atoms with Gasteiger partial charge in [0.2, 0.25) is 10.0 Å². The SMILES string of the molecule is Cc1cc(NC(=O)COC(=O)c2ccc(Cl)c(S(=O)(=O)N3CCCC(C)C3)c2)n(C)n1. The van der Waals surface area contributed by atoms with Crippen molar-refractivity contribution in [2.24, 2.45) is 13.0 Å². The molecule has 1 atom stereocenters. The Kier molecular flexibility index (Phi) is 7.03. The average molecular weight is 469 g/mol. The van der Waals surface area contributed by atoms with E-state index >= 15 is 0 Å². The first-order valence-corrected chi connectivity index (χ1v) is 11.7. The molecule has 1 aliphatic heterocycles. The number of nitrogens with one attached hydrogen (secondary N) is 1. The minimum atomic E-state index is -3.85. The summed E-state index contributed by atoms with van der Waals surface area (Å²) >= 11 is 6.15. The molecular formula is C20H25ClN4O5S. The number of hydrogen-bond acceptors (Lipinski definition) is 6. The molecule has 1 unspecified atom stereocenters. The second-order valence-corrected chi connectivity index (χ2v) is 9.99. The number of aryl methyl sites for hydroxylation is 2. The van der Waals surface area contributed by atoms with E-state index in [1.165, 1.54) is 27.2 Å². The quantitative estimate of drug-likeness (QED) is 0.652. The normalized spacial score (nSPS) is 17.4. The molecule has 1 saturated heterocycles. The second kappa shape index (κ2) is 9.37. The first-order valence-electron chi connectivity index (χ1n) is 9.85. The molecule has 2 aromatic rings. The van der Waals surface area contributed by atoms with Gasteiger partial charge in [0.1, 0.15) is 10.7 Å². The Balaban J connectivity index is 1.69. The van der Waals surface area contributed by atoms with E-state index in [9.17, 15) is 18.0 Å². The van der Waals surface area contributed by atoms with Crippen molar-refractivity contribution in [3.05, 3.63) is 40.5 Å². The number of aromatic nitrogens is 2. The highest BCUT2D eigenvalue weighted by molar-refractivity contribution is 7.89. The molecule has 31 heavy (non-hydrogen) atoms. The van der Waals surface area contributed by atoms with Gasteiger partial charge in [0.25, 0.3) is 5.91 Å². The lowest BCUT2D eigenvalue weighted by molar-refractivity contribution is -0.119. The van der Waals surface area contributed by atoms with E-state index in [0.29, 0.717) is 18.9 Å². The standard InChI is InChI=1S/C20H25ClN4O5S/c1-13-5-4-8-25(11-13)31(28,29)17-10-15(6-7-16(17)21)20(27)30-12-19(26)22-18-9-14(2)23-24(18)3/h6-7,9-10,13H,4-5,8,11-12H2,1-3H3,(H,22,26). The Morgan fingerprint density at radius 3 is 2.71 bits per heavy atom. The summed E-state index contributed by atoms with van der Waals surface area (Å²) in [5.74, 6) is -0.650. The van der Waals surface area contributed by atoms with Crippen LogP contribution in [-0.4, -0.2) is 54.1 Å². The number of piperidine rings is 1. The minimum Gasteiger partial charge on any atom is -0.452 e. The molecule has 2 heterocycles. The van der Waals surface area contributed by atoms with Crippen LogP contribution in [0.25, 0.3) is 0 Å². The van der Waals surface area contributed by atoms with Gasteiger partial charge < -0.3 is 10.1 Å². The van der Waals surface area contributed by atoms with Crippen LogP contribution in [0.2, 0.25) is 5.02 Å². The summed E-state index contributed by atoms with van der Waals surface area (Å²) in [5, 5.41) is 6.73. The number of amides is 1. The van der Waals surface area contributed by atoms with E-state index in [1.807, 2.05) is 6.92 Å². The molecule has 1 fully saturated rings. The van der Waals surface area contributed by atoms with E-state index in [1.54, 1.807) is 20.0 Å². The van der Waals surface area contributed by atoms with Gasteiger partial charge in [-0.15, -0.1) is 0 Å². The number of ether oxygens (including phenoxy) is 1. The smallest absolute Gasteiger partial charge is 0.338 e. The molecule has 11 heteroatoms. The Morgan fingerprint density at radius 1 is 1.32 bits per heavy atom. The second-order valence-electron chi connectivity index (χ2n) is 7.67. The number of rotatable bonds is 6. The summed E-state index contributed by atoms with van der Waals surface area (Å²) in [6, 6.07) is 5.58. The number of carbonyl (C=O) groups excluding carboxylic acids is 2. The molecule has 1 N–H and O–H groups in total. The van der Waals surface area contributed by atoms with Gasteiger partial charge in [-0.2, -0.15) is 9.40 Å². The zero-order chi connectivity index (χ0) is 22.8. The van der Waals surface area contributed by atoms with Gasteiger partial charge in [-0.3, -0.25) is 9.48 Å². The number of esters is 1. The number of halogens is 1. The molecule has 0 saturated carbocycles. The molecule has 0 bridgehead atoms. The molecule has 1 amide bonds. The maximum atomic E-state index is 13.0. The van der Waals surface area contributed by atoms with Crippen molar-refractivity contribution < 1.29 is 22.7 Å². The molecule has 3 rings (SSSR count). The van der Waals surface area contributed by atoms with Gasteiger partial charge in [0, 0.05) is 26.2 Å². The van der Waals surface area contributed by atoms with Crippen LogP contribution in [0.1, 0.15) is 35.8 Å². The van der Waals surface area contributed by atoms with Crippen molar-refractivity contribution in [2.45, 2.75) is 31.6 Å². The maximum Gasteiger partial charge on any atom is 0.338 e. The maximum absolute atomic E-state index is 13.0. The first-order chi connectivity index (χ1) is 14.6. The minimum absolute atomic E-state index is 0.00258. The Bertz CT molecular complexity index is 1100. The van der Waals surface area contributed by atoms with Crippen LogP contribution < -0.4 is 5.32 Å². The predicted molar refractivity (Wildman–Crippen MR) is 115 cm³/mol. The van der Waals surface area contributed by atoms with Gasteiger partial charge in [-0.1, -0.05) is 18.5 Å². The Labute approximate surface area is 186 Å². The molecule has 1 aliphatic rings. The molecule has 168 valence electrons. The summed E-state index contributed by atoms with van der Waals surface area (Å²) in [7, 11) is -2.18. The largest absolute Gasteiger partial charge is 0.452 e. The Morgan fingerprint density at radius 2 is 2.06 bits per heavy atom.